The zero-order chi connectivity index (χ0) is 18.8. The number of nitriles is 1. The molecule has 0 aliphatic heterocycles. The van der Waals surface area contributed by atoms with Gasteiger partial charge in [0.2, 0.25) is 5.71 Å². The van der Waals surface area contributed by atoms with Crippen molar-refractivity contribution < 1.29 is 14.3 Å². The number of carbonyl (C=O) groups is 2. The molecule has 25 heavy (non-hydrogen) atoms. The van der Waals surface area contributed by atoms with Crippen LogP contribution in [0.4, 0.5) is 10.5 Å². The van der Waals surface area contributed by atoms with Crippen molar-refractivity contribution in [3.63, 3.8) is 0 Å². The van der Waals surface area contributed by atoms with Gasteiger partial charge in [-0.3, -0.25) is 21.1 Å². The molecule has 0 aliphatic rings. The minimum Gasteiger partial charge on any atom is -0.448 e. The number of nitrogens with one attached hydrogen (secondary N) is 4. The summed E-state index contributed by atoms with van der Waals surface area (Å²) in [6, 6.07) is 7.91. The first-order valence-corrected chi connectivity index (χ1v) is 7.25. The van der Waals surface area contributed by atoms with E-state index in [-0.39, 0.29) is 29.5 Å². The maximum absolute atomic E-state index is 12.2. The maximum atomic E-state index is 12.2. The second-order valence-corrected chi connectivity index (χ2v) is 5.21. The molecule has 1 aromatic rings. The smallest absolute Gasteiger partial charge is 0.426 e. The van der Waals surface area contributed by atoms with Crippen molar-refractivity contribution in [1.82, 2.24) is 10.9 Å². The number of nitrogens with zero attached hydrogens (tertiary/aromatic N) is 2. The van der Waals surface area contributed by atoms with Gasteiger partial charge in [-0.25, -0.2) is 10.2 Å². The third-order valence-electron chi connectivity index (χ3n) is 2.65. The molecule has 0 heterocycles. The molecule has 0 aliphatic carbocycles. The van der Waals surface area contributed by atoms with Crippen molar-refractivity contribution >= 4 is 29.2 Å². The van der Waals surface area contributed by atoms with Crippen molar-refractivity contribution in [1.29, 1.82) is 10.7 Å². The Labute approximate surface area is 144 Å². The van der Waals surface area contributed by atoms with Crippen LogP contribution in [-0.2, 0) is 4.74 Å². The van der Waals surface area contributed by atoms with E-state index in [0.717, 1.165) is 0 Å². The Morgan fingerprint density at radius 3 is 2.64 bits per heavy atom. The van der Waals surface area contributed by atoms with E-state index in [0.29, 0.717) is 0 Å². The van der Waals surface area contributed by atoms with Gasteiger partial charge in [-0.05, 0) is 18.1 Å². The molecule has 0 radical (unpaired) electrons. The van der Waals surface area contributed by atoms with Crippen LogP contribution in [0.15, 0.2) is 29.4 Å². The SMILES string of the molecule is CC(C)COC(=O)NNC(=O)c1ccccc1N/N=C(\C#N)C(=N)N. The van der Waals surface area contributed by atoms with Gasteiger partial charge in [0.15, 0.2) is 5.84 Å². The van der Waals surface area contributed by atoms with Gasteiger partial charge in [0.05, 0.1) is 17.9 Å². The van der Waals surface area contributed by atoms with E-state index < -0.39 is 17.8 Å². The summed E-state index contributed by atoms with van der Waals surface area (Å²) in [5.74, 6) is -0.965. The van der Waals surface area contributed by atoms with Gasteiger partial charge in [0.1, 0.15) is 6.07 Å². The summed E-state index contributed by atoms with van der Waals surface area (Å²) in [5.41, 5.74) is 12.1. The number of hydrogen-bond acceptors (Lipinski definition) is 7. The Hall–Kier alpha value is -3.61. The molecule has 1 rings (SSSR count). The van der Waals surface area contributed by atoms with Gasteiger partial charge >= 0.3 is 6.09 Å². The first-order chi connectivity index (χ1) is 11.8. The Morgan fingerprint density at radius 2 is 2.04 bits per heavy atom. The molecule has 0 unspecified atom stereocenters. The monoisotopic (exact) mass is 345 g/mol. The Bertz CT molecular complexity index is 722. The maximum Gasteiger partial charge on any atom is 0.426 e. The molecule has 0 fully saturated rings. The number of hydrazine groups is 1. The highest BCUT2D eigenvalue weighted by molar-refractivity contribution is 6.45. The normalized spacial score (nSPS) is 10.6. The second kappa shape index (κ2) is 9.51. The lowest BCUT2D eigenvalue weighted by Crippen LogP contribution is -2.42. The van der Waals surface area contributed by atoms with Gasteiger partial charge in [-0.15, -0.1) is 0 Å². The van der Waals surface area contributed by atoms with Crippen molar-refractivity contribution in [3.05, 3.63) is 29.8 Å². The van der Waals surface area contributed by atoms with Crippen molar-refractivity contribution in [2.75, 3.05) is 12.0 Å². The van der Waals surface area contributed by atoms with Gasteiger partial charge < -0.3 is 10.5 Å². The molecule has 10 nitrogen and oxygen atoms in total. The molecule has 6 N–H and O–H groups in total. The van der Waals surface area contributed by atoms with E-state index in [9.17, 15) is 9.59 Å². The van der Waals surface area contributed by atoms with E-state index in [4.69, 9.17) is 21.1 Å². The Morgan fingerprint density at radius 1 is 1.36 bits per heavy atom. The highest BCUT2D eigenvalue weighted by Crippen LogP contribution is 2.14. The quantitative estimate of drug-likeness (QED) is 0.292. The fourth-order valence-corrected chi connectivity index (χ4v) is 1.49. The van der Waals surface area contributed by atoms with Crippen LogP contribution in [0, 0.1) is 22.7 Å². The highest BCUT2D eigenvalue weighted by atomic mass is 16.6. The molecule has 1 aromatic carbocycles. The number of para-hydroxylation sites is 1. The third-order valence-corrected chi connectivity index (χ3v) is 2.65. The van der Waals surface area contributed by atoms with Crippen LogP contribution in [0.2, 0.25) is 0 Å². The number of nitrogens with two attached hydrogens (primary N) is 1. The lowest BCUT2D eigenvalue weighted by Gasteiger charge is -2.11. The highest BCUT2D eigenvalue weighted by Gasteiger charge is 2.13. The molecule has 0 bridgehead atoms. The van der Waals surface area contributed by atoms with Crippen LogP contribution >= 0.6 is 0 Å². The second-order valence-electron chi connectivity index (χ2n) is 5.21. The van der Waals surface area contributed by atoms with E-state index >= 15 is 0 Å². The lowest BCUT2D eigenvalue weighted by molar-refractivity contribution is 0.0902. The van der Waals surface area contributed by atoms with Crippen LogP contribution < -0.4 is 22.0 Å². The zero-order valence-electron chi connectivity index (χ0n) is 13.8. The van der Waals surface area contributed by atoms with Crippen molar-refractivity contribution in [2.45, 2.75) is 13.8 Å². The summed E-state index contributed by atoms with van der Waals surface area (Å²) >= 11 is 0. The molecule has 2 amide bonds. The minimum absolute atomic E-state index is 0.149. The number of amides is 2. The van der Waals surface area contributed by atoms with E-state index in [1.807, 2.05) is 13.8 Å². The number of ether oxygens (including phenoxy) is 1. The molecule has 0 saturated carbocycles. The first-order valence-electron chi connectivity index (χ1n) is 7.25. The molecule has 0 atom stereocenters. The summed E-state index contributed by atoms with van der Waals surface area (Å²) < 4.78 is 4.86. The van der Waals surface area contributed by atoms with Crippen LogP contribution in [0.5, 0.6) is 0 Å². The van der Waals surface area contributed by atoms with Gasteiger partial charge in [-0.2, -0.15) is 10.4 Å². The molecule has 0 spiro atoms. The third kappa shape index (κ3) is 6.57. The molecule has 0 saturated heterocycles. The van der Waals surface area contributed by atoms with Crippen molar-refractivity contribution in [2.24, 2.45) is 16.8 Å². The van der Waals surface area contributed by atoms with Crippen LogP contribution in [0.3, 0.4) is 0 Å². The van der Waals surface area contributed by atoms with Crippen LogP contribution in [-0.4, -0.2) is 30.2 Å². The van der Waals surface area contributed by atoms with Gasteiger partial charge in [0.25, 0.3) is 5.91 Å². The minimum atomic E-state index is -0.783. The summed E-state index contributed by atoms with van der Waals surface area (Å²) in [5, 5.41) is 19.7. The summed E-state index contributed by atoms with van der Waals surface area (Å²) in [4.78, 5) is 23.6. The van der Waals surface area contributed by atoms with Crippen LogP contribution in [0.25, 0.3) is 0 Å². The van der Waals surface area contributed by atoms with E-state index in [1.54, 1.807) is 18.2 Å². The number of hydrogen-bond donors (Lipinski definition) is 5. The number of amidine groups is 1. The predicted octanol–water partition coefficient (Wildman–Crippen LogP) is 0.941. The number of anilines is 1. The van der Waals surface area contributed by atoms with E-state index in [2.05, 4.69) is 21.4 Å². The molecule has 132 valence electrons. The fraction of sp³-hybridized carbons (Fsp3) is 0.267. The van der Waals surface area contributed by atoms with E-state index in [1.165, 1.54) is 12.1 Å². The Balaban J connectivity index is 2.75. The van der Waals surface area contributed by atoms with Crippen molar-refractivity contribution in [3.8, 4) is 6.07 Å². The molecular weight excluding hydrogens is 326 g/mol. The number of rotatable bonds is 6. The predicted molar refractivity (Wildman–Crippen MR) is 91.8 cm³/mol. The van der Waals surface area contributed by atoms with Gasteiger partial charge in [0, 0.05) is 0 Å². The standard InChI is InChI=1S/C15H19N7O3/c1-9(2)8-25-15(24)22-21-14(23)10-5-3-4-6-11(10)19-20-12(7-16)13(17)18/h3-6,9,19H,8H2,1-2H3,(H3,17,18)(H,21,23)(H,22,24)/b20-12+. The number of hydrazone groups is 1. The Kier molecular flexibility index (Phi) is 7.39. The number of carbonyl (C=O) groups excluding carboxylic acids is 2. The summed E-state index contributed by atoms with van der Waals surface area (Å²) in [6.07, 6.45) is -0.783. The summed E-state index contributed by atoms with van der Waals surface area (Å²) in [7, 11) is 0. The topological polar surface area (TPSA) is 165 Å². The largest absolute Gasteiger partial charge is 0.448 e. The molecule has 10 heteroatoms. The lowest BCUT2D eigenvalue weighted by atomic mass is 10.2. The molecular formula is C15H19N7O3. The fourth-order valence-electron chi connectivity index (χ4n) is 1.49. The first kappa shape index (κ1) is 19.4. The average Bonchev–Trinajstić information content (AvgIpc) is 2.58. The molecule has 0 aromatic heterocycles. The van der Waals surface area contributed by atoms with Gasteiger partial charge in [-0.1, -0.05) is 26.0 Å². The summed E-state index contributed by atoms with van der Waals surface area (Å²) in [6.45, 7) is 3.98. The van der Waals surface area contributed by atoms with Crippen LogP contribution in [0.1, 0.15) is 24.2 Å². The average molecular weight is 345 g/mol. The zero-order valence-corrected chi connectivity index (χ0v) is 13.8. The number of benzene rings is 1.